The van der Waals surface area contributed by atoms with Crippen molar-refractivity contribution in [3.8, 4) is 0 Å². The van der Waals surface area contributed by atoms with Gasteiger partial charge < -0.3 is 14.2 Å². The lowest BCUT2D eigenvalue weighted by Crippen LogP contribution is -2.30. The smallest absolute Gasteiger partial charge is 0.428 e. The molecule has 0 aromatic rings. The number of hydrogen-bond acceptors (Lipinski definition) is 5. The van der Waals surface area contributed by atoms with Crippen LogP contribution in [0.2, 0.25) is 0 Å². The largest absolute Gasteiger partial charge is 0.511 e. The van der Waals surface area contributed by atoms with Crippen LogP contribution in [-0.4, -0.2) is 30.4 Å². The second-order valence-corrected chi connectivity index (χ2v) is 4.09. The van der Waals surface area contributed by atoms with E-state index in [0.29, 0.717) is 0 Å². The Labute approximate surface area is 88.0 Å². The third kappa shape index (κ3) is 4.60. The molecule has 1 heterocycles. The van der Waals surface area contributed by atoms with E-state index in [-0.39, 0.29) is 12.4 Å². The molecule has 0 saturated heterocycles. The van der Waals surface area contributed by atoms with Crippen LogP contribution in [0, 0.1) is 0 Å². The molecule has 1 aliphatic heterocycles. The predicted molar refractivity (Wildman–Crippen MR) is 51.2 cm³/mol. The molecule has 0 fully saturated rings. The van der Waals surface area contributed by atoms with Crippen molar-refractivity contribution in [3.63, 3.8) is 0 Å². The highest BCUT2D eigenvalue weighted by atomic mass is 16.8. The van der Waals surface area contributed by atoms with Crippen LogP contribution in [0.15, 0.2) is 12.2 Å². The quantitative estimate of drug-likeness (QED) is 0.618. The molecule has 1 unspecified atom stereocenters. The van der Waals surface area contributed by atoms with Gasteiger partial charge in [-0.05, 0) is 32.9 Å². The fourth-order valence-electron chi connectivity index (χ4n) is 0.896. The van der Waals surface area contributed by atoms with Crippen molar-refractivity contribution < 1.29 is 23.8 Å². The lowest BCUT2D eigenvalue weighted by atomic mass is 10.2. The summed E-state index contributed by atoms with van der Waals surface area (Å²) >= 11 is 0. The van der Waals surface area contributed by atoms with E-state index in [1.807, 2.05) is 0 Å². The van der Waals surface area contributed by atoms with Crippen molar-refractivity contribution in [1.29, 1.82) is 0 Å². The number of carbonyl (C=O) groups excluding carboxylic acids is 2. The third-order valence-electron chi connectivity index (χ3n) is 1.43. The zero-order valence-electron chi connectivity index (χ0n) is 8.98. The van der Waals surface area contributed by atoms with E-state index in [2.05, 4.69) is 0 Å². The molecule has 84 valence electrons. The van der Waals surface area contributed by atoms with Crippen LogP contribution in [-0.2, 0) is 19.0 Å². The van der Waals surface area contributed by atoms with Crippen molar-refractivity contribution in [2.75, 3.05) is 6.61 Å². The van der Waals surface area contributed by atoms with Crippen molar-refractivity contribution in [2.24, 2.45) is 0 Å². The topological polar surface area (TPSA) is 61.8 Å². The fourth-order valence-corrected chi connectivity index (χ4v) is 0.896. The third-order valence-corrected chi connectivity index (χ3v) is 1.43. The summed E-state index contributed by atoms with van der Waals surface area (Å²) in [5, 5.41) is 0. The SMILES string of the molecule is CC(C)(C)OC(=O)OC1C=CC(=O)CO1. The summed E-state index contributed by atoms with van der Waals surface area (Å²) < 4.78 is 14.6. The molecular weight excluding hydrogens is 200 g/mol. The van der Waals surface area contributed by atoms with Gasteiger partial charge in [0.1, 0.15) is 12.2 Å². The maximum Gasteiger partial charge on any atom is 0.511 e. The summed E-state index contributed by atoms with van der Waals surface area (Å²) in [6.07, 6.45) is 1.04. The average molecular weight is 214 g/mol. The summed E-state index contributed by atoms with van der Waals surface area (Å²) in [7, 11) is 0. The lowest BCUT2D eigenvalue weighted by Gasteiger charge is -2.22. The van der Waals surface area contributed by atoms with E-state index in [1.165, 1.54) is 12.2 Å². The number of carbonyl (C=O) groups is 2. The van der Waals surface area contributed by atoms with Gasteiger partial charge in [-0.2, -0.15) is 0 Å². The normalized spacial score (nSPS) is 21.3. The number of ketones is 1. The Morgan fingerprint density at radius 1 is 1.53 bits per heavy atom. The van der Waals surface area contributed by atoms with Crippen molar-refractivity contribution in [1.82, 2.24) is 0 Å². The summed E-state index contributed by atoms with van der Waals surface area (Å²) in [5.74, 6) is -0.154. The van der Waals surface area contributed by atoms with Gasteiger partial charge in [0, 0.05) is 0 Å². The molecule has 1 rings (SSSR count). The molecule has 0 saturated carbocycles. The Hall–Kier alpha value is -1.36. The molecule has 1 aliphatic rings. The van der Waals surface area contributed by atoms with Gasteiger partial charge in [-0.3, -0.25) is 4.79 Å². The van der Waals surface area contributed by atoms with Gasteiger partial charge in [0.05, 0.1) is 0 Å². The second-order valence-electron chi connectivity index (χ2n) is 4.09. The van der Waals surface area contributed by atoms with Crippen molar-refractivity contribution in [2.45, 2.75) is 32.7 Å². The molecule has 5 nitrogen and oxygen atoms in total. The van der Waals surface area contributed by atoms with E-state index in [9.17, 15) is 9.59 Å². The molecular formula is C10H14O5. The monoisotopic (exact) mass is 214 g/mol. The van der Waals surface area contributed by atoms with Crippen LogP contribution in [0.25, 0.3) is 0 Å². The van der Waals surface area contributed by atoms with Crippen molar-refractivity contribution >= 4 is 11.9 Å². The molecule has 1 atom stereocenters. The van der Waals surface area contributed by atoms with E-state index >= 15 is 0 Å². The summed E-state index contributed by atoms with van der Waals surface area (Å²) in [6.45, 7) is 5.12. The zero-order chi connectivity index (χ0) is 11.5. The molecule has 0 N–H and O–H groups in total. The molecule has 0 aromatic carbocycles. The van der Waals surface area contributed by atoms with Crippen LogP contribution in [0.1, 0.15) is 20.8 Å². The molecule has 0 amide bonds. The first kappa shape index (κ1) is 11.7. The predicted octanol–water partition coefficient (Wildman–Crippen LogP) is 1.42. The highest BCUT2D eigenvalue weighted by Crippen LogP contribution is 2.11. The zero-order valence-corrected chi connectivity index (χ0v) is 8.98. The minimum absolute atomic E-state index is 0.0794. The summed E-state index contributed by atoms with van der Waals surface area (Å²) in [6, 6.07) is 0. The number of rotatable bonds is 1. The minimum atomic E-state index is -0.836. The van der Waals surface area contributed by atoms with Crippen LogP contribution >= 0.6 is 0 Å². The first-order valence-corrected chi connectivity index (χ1v) is 4.59. The van der Waals surface area contributed by atoms with Gasteiger partial charge >= 0.3 is 6.16 Å². The van der Waals surface area contributed by atoms with E-state index in [1.54, 1.807) is 20.8 Å². The van der Waals surface area contributed by atoms with Gasteiger partial charge in [-0.1, -0.05) is 0 Å². The van der Waals surface area contributed by atoms with Crippen molar-refractivity contribution in [3.05, 3.63) is 12.2 Å². The van der Waals surface area contributed by atoms with Crippen LogP contribution in [0.3, 0.4) is 0 Å². The molecule has 15 heavy (non-hydrogen) atoms. The first-order valence-electron chi connectivity index (χ1n) is 4.59. The fraction of sp³-hybridized carbons (Fsp3) is 0.600. The number of ether oxygens (including phenoxy) is 3. The van der Waals surface area contributed by atoms with Gasteiger partial charge in [0.2, 0.25) is 6.29 Å². The molecule has 0 spiro atoms. The maximum atomic E-state index is 11.2. The highest BCUT2D eigenvalue weighted by Gasteiger charge is 2.22. The highest BCUT2D eigenvalue weighted by molar-refractivity contribution is 5.91. The van der Waals surface area contributed by atoms with Gasteiger partial charge in [-0.25, -0.2) is 4.79 Å². The standard InChI is InChI=1S/C10H14O5/c1-10(2,3)15-9(12)14-8-5-4-7(11)6-13-8/h4-5,8H,6H2,1-3H3. The van der Waals surface area contributed by atoms with Gasteiger partial charge in [-0.15, -0.1) is 0 Å². The minimum Gasteiger partial charge on any atom is -0.428 e. The lowest BCUT2D eigenvalue weighted by molar-refractivity contribution is -0.138. The van der Waals surface area contributed by atoms with Crippen LogP contribution in [0.5, 0.6) is 0 Å². The second kappa shape index (κ2) is 4.44. The Morgan fingerprint density at radius 2 is 2.20 bits per heavy atom. The van der Waals surface area contributed by atoms with E-state index < -0.39 is 18.0 Å². The van der Waals surface area contributed by atoms with Gasteiger partial charge in [0.15, 0.2) is 5.78 Å². The van der Waals surface area contributed by atoms with E-state index in [4.69, 9.17) is 14.2 Å². The molecule has 0 bridgehead atoms. The molecule has 5 heteroatoms. The van der Waals surface area contributed by atoms with Crippen LogP contribution in [0.4, 0.5) is 4.79 Å². The Kier molecular flexibility index (Phi) is 3.47. The number of hydrogen-bond donors (Lipinski definition) is 0. The summed E-state index contributed by atoms with van der Waals surface area (Å²) in [4.78, 5) is 21.9. The van der Waals surface area contributed by atoms with E-state index in [0.717, 1.165) is 0 Å². The Balaban J connectivity index is 2.39. The summed E-state index contributed by atoms with van der Waals surface area (Å²) in [5.41, 5.74) is -0.606. The maximum absolute atomic E-state index is 11.2. The molecule has 0 radical (unpaired) electrons. The molecule has 0 aromatic heterocycles. The van der Waals surface area contributed by atoms with Gasteiger partial charge in [0.25, 0.3) is 0 Å². The Bertz CT molecular complexity index is 287. The average Bonchev–Trinajstić information content (AvgIpc) is 2.05. The Morgan fingerprint density at radius 3 is 2.67 bits per heavy atom. The first-order chi connectivity index (χ1) is 6.87. The molecule has 0 aliphatic carbocycles. The van der Waals surface area contributed by atoms with Crippen LogP contribution < -0.4 is 0 Å².